The number of carbonyl (C=O) groups is 1. The molecule has 1 aromatic carbocycles. The summed E-state index contributed by atoms with van der Waals surface area (Å²) in [4.78, 5) is 27.0. The minimum Gasteiger partial charge on any atom is -0.339 e. The van der Waals surface area contributed by atoms with Gasteiger partial charge in [0.25, 0.3) is 5.91 Å². The number of benzene rings is 1. The standard InChI is InChI=1S/C21H18N6O2/c28-21(16-5-3-15(4-6-16)11-26-9-8-23-14-26)27-12-18(13-27)20-24-19(25-29-20)17-2-1-7-22-10-17/h1-10,14,18H,11-13H2. The smallest absolute Gasteiger partial charge is 0.253 e. The molecule has 0 spiro atoms. The molecule has 144 valence electrons. The molecule has 0 aliphatic carbocycles. The Morgan fingerprint density at radius 3 is 2.69 bits per heavy atom. The zero-order valence-corrected chi connectivity index (χ0v) is 15.5. The van der Waals surface area contributed by atoms with Crippen molar-refractivity contribution in [2.75, 3.05) is 13.1 Å². The fourth-order valence-corrected chi connectivity index (χ4v) is 3.34. The van der Waals surface area contributed by atoms with Gasteiger partial charge in [0.2, 0.25) is 11.7 Å². The Morgan fingerprint density at radius 1 is 1.10 bits per heavy atom. The second-order valence-corrected chi connectivity index (χ2v) is 7.04. The third kappa shape index (κ3) is 3.52. The van der Waals surface area contributed by atoms with Crippen molar-refractivity contribution >= 4 is 5.91 Å². The summed E-state index contributed by atoms with van der Waals surface area (Å²) < 4.78 is 7.38. The van der Waals surface area contributed by atoms with E-state index >= 15 is 0 Å². The maximum absolute atomic E-state index is 12.7. The SMILES string of the molecule is O=C(c1ccc(Cn2ccnc2)cc1)N1CC(c2nc(-c3cccnc3)no2)C1. The lowest BCUT2D eigenvalue weighted by atomic mass is 9.98. The van der Waals surface area contributed by atoms with Crippen LogP contribution in [-0.2, 0) is 6.54 Å². The number of likely N-dealkylation sites (tertiary alicyclic amines) is 1. The van der Waals surface area contributed by atoms with E-state index in [1.165, 1.54) is 0 Å². The van der Waals surface area contributed by atoms with Crippen LogP contribution in [0.15, 0.2) is 72.0 Å². The Kier molecular flexibility index (Phi) is 4.36. The van der Waals surface area contributed by atoms with Crippen LogP contribution in [0.3, 0.4) is 0 Å². The Bertz CT molecular complexity index is 1100. The molecule has 1 aliphatic heterocycles. The van der Waals surface area contributed by atoms with Crippen LogP contribution in [0.4, 0.5) is 0 Å². The maximum Gasteiger partial charge on any atom is 0.253 e. The number of hydrogen-bond acceptors (Lipinski definition) is 6. The van der Waals surface area contributed by atoms with Crippen molar-refractivity contribution in [2.24, 2.45) is 0 Å². The lowest BCUT2D eigenvalue weighted by molar-refractivity contribution is 0.0569. The molecule has 8 heteroatoms. The van der Waals surface area contributed by atoms with E-state index in [0.29, 0.717) is 30.4 Å². The molecule has 0 bridgehead atoms. The molecule has 0 atom stereocenters. The van der Waals surface area contributed by atoms with Gasteiger partial charge in [-0.3, -0.25) is 9.78 Å². The highest BCUT2D eigenvalue weighted by Gasteiger charge is 2.36. The average molecular weight is 386 g/mol. The van der Waals surface area contributed by atoms with Crippen LogP contribution in [0.25, 0.3) is 11.4 Å². The van der Waals surface area contributed by atoms with Crippen LogP contribution in [0.5, 0.6) is 0 Å². The molecule has 1 saturated heterocycles. The van der Waals surface area contributed by atoms with Gasteiger partial charge in [-0.05, 0) is 29.8 Å². The van der Waals surface area contributed by atoms with Crippen molar-refractivity contribution in [1.82, 2.24) is 29.6 Å². The third-order valence-electron chi connectivity index (χ3n) is 5.00. The molecule has 4 aromatic rings. The van der Waals surface area contributed by atoms with Crippen molar-refractivity contribution in [1.29, 1.82) is 0 Å². The van der Waals surface area contributed by atoms with Gasteiger partial charge in [-0.25, -0.2) is 4.98 Å². The second kappa shape index (κ2) is 7.31. The second-order valence-electron chi connectivity index (χ2n) is 7.04. The Balaban J connectivity index is 1.20. The zero-order chi connectivity index (χ0) is 19.6. The number of amides is 1. The first kappa shape index (κ1) is 17.3. The monoisotopic (exact) mass is 386 g/mol. The van der Waals surface area contributed by atoms with Crippen molar-refractivity contribution in [2.45, 2.75) is 12.5 Å². The van der Waals surface area contributed by atoms with E-state index in [-0.39, 0.29) is 11.8 Å². The van der Waals surface area contributed by atoms with Gasteiger partial charge in [-0.15, -0.1) is 0 Å². The molecule has 1 amide bonds. The fourth-order valence-electron chi connectivity index (χ4n) is 3.34. The number of hydrogen-bond donors (Lipinski definition) is 0. The molecule has 1 aliphatic rings. The summed E-state index contributed by atoms with van der Waals surface area (Å²) in [6, 6.07) is 11.4. The summed E-state index contributed by atoms with van der Waals surface area (Å²) in [5.74, 6) is 1.16. The molecule has 0 unspecified atom stereocenters. The highest BCUT2D eigenvalue weighted by molar-refractivity contribution is 5.94. The Hall–Kier alpha value is -3.81. The topological polar surface area (TPSA) is 89.9 Å². The predicted molar refractivity (Wildman–Crippen MR) is 104 cm³/mol. The summed E-state index contributed by atoms with van der Waals surface area (Å²) in [6.45, 7) is 1.88. The van der Waals surface area contributed by atoms with E-state index in [4.69, 9.17) is 4.52 Å². The minimum atomic E-state index is 0.0161. The first-order chi connectivity index (χ1) is 14.3. The largest absolute Gasteiger partial charge is 0.339 e. The number of rotatable bonds is 5. The van der Waals surface area contributed by atoms with E-state index in [1.54, 1.807) is 29.8 Å². The van der Waals surface area contributed by atoms with Crippen LogP contribution in [0.2, 0.25) is 0 Å². The van der Waals surface area contributed by atoms with Gasteiger partial charge in [0.05, 0.1) is 12.2 Å². The highest BCUT2D eigenvalue weighted by Crippen LogP contribution is 2.28. The minimum absolute atomic E-state index is 0.0161. The number of pyridine rings is 1. The summed E-state index contributed by atoms with van der Waals surface area (Å²) in [5.41, 5.74) is 2.61. The molecule has 4 heterocycles. The van der Waals surface area contributed by atoms with E-state index in [2.05, 4.69) is 20.1 Å². The lowest BCUT2D eigenvalue weighted by Gasteiger charge is -2.37. The van der Waals surface area contributed by atoms with Crippen LogP contribution >= 0.6 is 0 Å². The molecule has 29 heavy (non-hydrogen) atoms. The number of carbonyl (C=O) groups excluding carboxylic acids is 1. The summed E-state index contributed by atoms with van der Waals surface area (Å²) in [5, 5.41) is 4.02. The molecule has 0 radical (unpaired) electrons. The normalized spacial score (nSPS) is 14.0. The van der Waals surface area contributed by atoms with Gasteiger partial charge in [-0.1, -0.05) is 17.3 Å². The van der Waals surface area contributed by atoms with Crippen molar-refractivity contribution in [3.63, 3.8) is 0 Å². The van der Waals surface area contributed by atoms with Gasteiger partial charge < -0.3 is 14.0 Å². The van der Waals surface area contributed by atoms with Gasteiger partial charge in [0, 0.05) is 55.5 Å². The van der Waals surface area contributed by atoms with Crippen molar-refractivity contribution < 1.29 is 9.32 Å². The zero-order valence-electron chi connectivity index (χ0n) is 15.5. The van der Waals surface area contributed by atoms with E-state index in [0.717, 1.165) is 17.7 Å². The molecule has 0 N–H and O–H groups in total. The van der Waals surface area contributed by atoms with Crippen molar-refractivity contribution in [3.05, 3.63) is 84.5 Å². The number of imidazole rings is 1. The van der Waals surface area contributed by atoms with E-state index in [9.17, 15) is 4.79 Å². The molecule has 0 saturated carbocycles. The molecule has 1 fully saturated rings. The third-order valence-corrected chi connectivity index (χ3v) is 5.00. The van der Waals surface area contributed by atoms with Crippen LogP contribution < -0.4 is 0 Å². The van der Waals surface area contributed by atoms with Gasteiger partial charge in [0.15, 0.2) is 0 Å². The molecule has 5 rings (SSSR count). The van der Waals surface area contributed by atoms with Crippen LogP contribution in [-0.4, -0.2) is 48.6 Å². The number of aromatic nitrogens is 5. The first-order valence-electron chi connectivity index (χ1n) is 9.34. The van der Waals surface area contributed by atoms with Crippen LogP contribution in [0.1, 0.15) is 27.7 Å². The molecular formula is C21H18N6O2. The van der Waals surface area contributed by atoms with Gasteiger partial charge in [-0.2, -0.15) is 4.98 Å². The molecular weight excluding hydrogens is 368 g/mol. The summed E-state index contributed by atoms with van der Waals surface area (Å²) in [6.07, 6.45) is 8.83. The fraction of sp³-hybridized carbons (Fsp3) is 0.190. The lowest BCUT2D eigenvalue weighted by Crippen LogP contribution is -2.48. The van der Waals surface area contributed by atoms with Gasteiger partial charge >= 0.3 is 0 Å². The number of nitrogens with zero attached hydrogens (tertiary/aromatic N) is 6. The quantitative estimate of drug-likeness (QED) is 0.524. The molecule has 3 aromatic heterocycles. The predicted octanol–water partition coefficient (Wildman–Crippen LogP) is 2.62. The summed E-state index contributed by atoms with van der Waals surface area (Å²) in [7, 11) is 0. The first-order valence-corrected chi connectivity index (χ1v) is 9.34. The Morgan fingerprint density at radius 2 is 1.97 bits per heavy atom. The van der Waals surface area contributed by atoms with E-state index in [1.807, 2.05) is 47.2 Å². The Labute approximate surface area is 166 Å². The maximum atomic E-state index is 12.7. The van der Waals surface area contributed by atoms with Crippen LogP contribution in [0, 0.1) is 0 Å². The molecule has 8 nitrogen and oxygen atoms in total. The van der Waals surface area contributed by atoms with Crippen molar-refractivity contribution in [3.8, 4) is 11.4 Å². The summed E-state index contributed by atoms with van der Waals surface area (Å²) >= 11 is 0. The van der Waals surface area contributed by atoms with Gasteiger partial charge in [0.1, 0.15) is 0 Å². The highest BCUT2D eigenvalue weighted by atomic mass is 16.5. The average Bonchev–Trinajstić information content (AvgIpc) is 3.40. The van der Waals surface area contributed by atoms with E-state index < -0.39 is 0 Å².